The van der Waals surface area contributed by atoms with Gasteiger partial charge in [0.25, 0.3) is 0 Å². The van der Waals surface area contributed by atoms with Crippen LogP contribution in [0.15, 0.2) is 84.9 Å². The molecule has 152 valence electrons. The van der Waals surface area contributed by atoms with Crippen LogP contribution < -0.4 is 0 Å². The van der Waals surface area contributed by atoms with Crippen molar-refractivity contribution in [3.8, 4) is 0 Å². The summed E-state index contributed by atoms with van der Waals surface area (Å²) in [6.45, 7) is 5.06. The quantitative estimate of drug-likeness (QED) is 0.340. The highest BCUT2D eigenvalue weighted by Gasteiger charge is 2.22. The Morgan fingerprint density at radius 2 is 1.43 bits per heavy atom. The van der Waals surface area contributed by atoms with Crippen molar-refractivity contribution in [1.29, 1.82) is 0 Å². The molecule has 4 aromatic rings. The summed E-state index contributed by atoms with van der Waals surface area (Å²) in [6, 6.07) is 29.4. The van der Waals surface area contributed by atoms with Crippen molar-refractivity contribution < 1.29 is 9.53 Å². The van der Waals surface area contributed by atoms with Crippen LogP contribution in [0, 0.1) is 6.92 Å². The molecule has 0 N–H and O–H groups in total. The third kappa shape index (κ3) is 3.88. The summed E-state index contributed by atoms with van der Waals surface area (Å²) in [7, 11) is 0. The van der Waals surface area contributed by atoms with Gasteiger partial charge in [0.15, 0.2) is 0 Å². The van der Waals surface area contributed by atoms with Gasteiger partial charge in [0.2, 0.25) is 0 Å². The van der Waals surface area contributed by atoms with Crippen molar-refractivity contribution >= 4 is 16.9 Å². The Morgan fingerprint density at radius 3 is 2.03 bits per heavy atom. The lowest BCUT2D eigenvalue weighted by Crippen LogP contribution is -2.10. The fourth-order valence-electron chi connectivity index (χ4n) is 4.33. The Labute approximate surface area is 177 Å². The molecular formula is C27H27NO2. The maximum Gasteiger partial charge on any atom is 0.340 e. The molecule has 3 heteroatoms. The standard InChI is InChI=1S/C27H27NO2/c1-3-30-27(29)26-20(2)28(25-17-11-10-16-24(25)26)19-18-23(21-12-6-4-7-13-21)22-14-8-5-9-15-22/h4-17,23H,3,18-19H2,1-2H3. The maximum absolute atomic E-state index is 12.6. The normalized spacial score (nSPS) is 11.2. The van der Waals surface area contributed by atoms with E-state index in [4.69, 9.17) is 4.74 Å². The molecule has 0 spiro atoms. The molecule has 0 aliphatic heterocycles. The molecule has 0 saturated heterocycles. The van der Waals surface area contributed by atoms with E-state index in [0.717, 1.165) is 29.6 Å². The van der Waals surface area contributed by atoms with Crippen LogP contribution >= 0.6 is 0 Å². The number of ether oxygens (including phenoxy) is 1. The van der Waals surface area contributed by atoms with Gasteiger partial charge in [-0.3, -0.25) is 0 Å². The van der Waals surface area contributed by atoms with Gasteiger partial charge in [0, 0.05) is 29.1 Å². The first-order chi connectivity index (χ1) is 14.7. The Hall–Kier alpha value is -3.33. The summed E-state index contributed by atoms with van der Waals surface area (Å²) < 4.78 is 7.61. The second kappa shape index (κ2) is 9.00. The van der Waals surface area contributed by atoms with Gasteiger partial charge in [-0.2, -0.15) is 0 Å². The van der Waals surface area contributed by atoms with E-state index < -0.39 is 0 Å². The Balaban J connectivity index is 1.71. The predicted octanol–water partition coefficient (Wildman–Crippen LogP) is 6.35. The molecule has 1 aromatic heterocycles. The van der Waals surface area contributed by atoms with E-state index >= 15 is 0 Å². The van der Waals surface area contributed by atoms with Crippen molar-refractivity contribution in [2.75, 3.05) is 6.61 Å². The molecule has 0 aliphatic rings. The van der Waals surface area contributed by atoms with Crippen molar-refractivity contribution in [2.45, 2.75) is 32.7 Å². The minimum atomic E-state index is -0.243. The van der Waals surface area contributed by atoms with E-state index in [-0.39, 0.29) is 5.97 Å². The molecule has 0 aliphatic carbocycles. The van der Waals surface area contributed by atoms with Crippen molar-refractivity contribution in [1.82, 2.24) is 4.57 Å². The molecule has 0 atom stereocenters. The van der Waals surface area contributed by atoms with E-state index in [2.05, 4.69) is 71.3 Å². The van der Waals surface area contributed by atoms with Crippen LogP contribution in [0.3, 0.4) is 0 Å². The second-order valence-electron chi connectivity index (χ2n) is 7.51. The topological polar surface area (TPSA) is 31.2 Å². The number of rotatable bonds is 7. The fraction of sp³-hybridized carbons (Fsp3) is 0.222. The van der Waals surface area contributed by atoms with E-state index in [1.54, 1.807) is 0 Å². The lowest BCUT2D eigenvalue weighted by Gasteiger charge is -2.19. The number of carbonyl (C=O) groups is 1. The zero-order chi connectivity index (χ0) is 20.9. The number of aromatic nitrogens is 1. The number of aryl methyl sites for hydroxylation is 1. The van der Waals surface area contributed by atoms with Gasteiger partial charge in [0.1, 0.15) is 0 Å². The van der Waals surface area contributed by atoms with Crippen LogP contribution in [0.4, 0.5) is 0 Å². The summed E-state index contributed by atoms with van der Waals surface area (Å²) in [5, 5.41) is 0.962. The number of para-hydroxylation sites is 1. The van der Waals surface area contributed by atoms with Gasteiger partial charge in [0.05, 0.1) is 12.2 Å². The summed E-state index contributed by atoms with van der Waals surface area (Å²) in [5.74, 6) is 0.0478. The molecule has 0 amide bonds. The van der Waals surface area contributed by atoms with Gasteiger partial charge < -0.3 is 9.30 Å². The first kappa shape index (κ1) is 20.0. The molecular weight excluding hydrogens is 370 g/mol. The van der Waals surface area contributed by atoms with E-state index in [1.165, 1.54) is 11.1 Å². The maximum atomic E-state index is 12.6. The zero-order valence-corrected chi connectivity index (χ0v) is 17.5. The molecule has 30 heavy (non-hydrogen) atoms. The second-order valence-corrected chi connectivity index (χ2v) is 7.51. The van der Waals surface area contributed by atoms with Crippen LogP contribution in [-0.4, -0.2) is 17.1 Å². The number of hydrogen-bond acceptors (Lipinski definition) is 2. The van der Waals surface area contributed by atoms with Crippen molar-refractivity contribution in [3.63, 3.8) is 0 Å². The van der Waals surface area contributed by atoms with Gasteiger partial charge in [-0.05, 0) is 37.5 Å². The molecule has 0 saturated carbocycles. The zero-order valence-electron chi connectivity index (χ0n) is 17.5. The van der Waals surface area contributed by atoms with E-state index in [0.29, 0.717) is 18.1 Å². The van der Waals surface area contributed by atoms with E-state index in [1.807, 2.05) is 32.0 Å². The summed E-state index contributed by atoms with van der Waals surface area (Å²) in [5.41, 5.74) is 5.35. The number of hydrogen-bond donors (Lipinski definition) is 0. The van der Waals surface area contributed by atoms with Crippen LogP contribution in [0.1, 0.15) is 46.4 Å². The minimum Gasteiger partial charge on any atom is -0.462 e. The van der Waals surface area contributed by atoms with Crippen LogP contribution in [0.5, 0.6) is 0 Å². The van der Waals surface area contributed by atoms with Gasteiger partial charge in [-0.1, -0.05) is 78.9 Å². The lowest BCUT2D eigenvalue weighted by molar-refractivity contribution is 0.0527. The fourth-order valence-corrected chi connectivity index (χ4v) is 4.33. The van der Waals surface area contributed by atoms with Crippen LogP contribution in [0.25, 0.3) is 10.9 Å². The first-order valence-electron chi connectivity index (χ1n) is 10.6. The molecule has 0 unspecified atom stereocenters. The van der Waals surface area contributed by atoms with Crippen molar-refractivity contribution in [2.24, 2.45) is 0 Å². The number of benzene rings is 3. The molecule has 4 rings (SSSR count). The molecule has 1 heterocycles. The number of esters is 1. The van der Waals surface area contributed by atoms with Crippen LogP contribution in [0.2, 0.25) is 0 Å². The monoisotopic (exact) mass is 397 g/mol. The average molecular weight is 398 g/mol. The number of fused-ring (bicyclic) bond motifs is 1. The summed E-state index contributed by atoms with van der Waals surface area (Å²) in [6.07, 6.45) is 0.940. The average Bonchev–Trinajstić information content (AvgIpc) is 3.07. The van der Waals surface area contributed by atoms with Gasteiger partial charge in [-0.15, -0.1) is 0 Å². The lowest BCUT2D eigenvalue weighted by atomic mass is 9.88. The summed E-state index contributed by atoms with van der Waals surface area (Å²) >= 11 is 0. The van der Waals surface area contributed by atoms with E-state index in [9.17, 15) is 4.79 Å². The molecule has 0 radical (unpaired) electrons. The minimum absolute atomic E-state index is 0.243. The highest BCUT2D eigenvalue weighted by atomic mass is 16.5. The smallest absolute Gasteiger partial charge is 0.340 e. The molecule has 3 aromatic carbocycles. The SMILES string of the molecule is CCOC(=O)c1c(C)n(CCC(c2ccccc2)c2ccccc2)c2ccccc12. The molecule has 3 nitrogen and oxygen atoms in total. The third-order valence-electron chi connectivity index (χ3n) is 5.76. The predicted molar refractivity (Wildman–Crippen MR) is 122 cm³/mol. The molecule has 0 fully saturated rings. The van der Waals surface area contributed by atoms with Crippen molar-refractivity contribution in [3.05, 3.63) is 107 Å². The highest BCUT2D eigenvalue weighted by Crippen LogP contribution is 2.31. The third-order valence-corrected chi connectivity index (χ3v) is 5.76. The molecule has 0 bridgehead atoms. The Morgan fingerprint density at radius 1 is 0.867 bits per heavy atom. The Bertz CT molecular complexity index is 1090. The largest absolute Gasteiger partial charge is 0.462 e. The first-order valence-corrected chi connectivity index (χ1v) is 10.6. The van der Waals surface area contributed by atoms with Gasteiger partial charge >= 0.3 is 5.97 Å². The Kier molecular flexibility index (Phi) is 5.99. The van der Waals surface area contributed by atoms with Gasteiger partial charge in [-0.25, -0.2) is 4.79 Å². The number of nitrogens with zero attached hydrogens (tertiary/aromatic N) is 1. The van der Waals surface area contributed by atoms with Crippen LogP contribution in [-0.2, 0) is 11.3 Å². The highest BCUT2D eigenvalue weighted by molar-refractivity contribution is 6.05. The summed E-state index contributed by atoms with van der Waals surface area (Å²) in [4.78, 5) is 12.6. The number of carbonyl (C=O) groups excluding carboxylic acids is 1.